The SMILES string of the molecule is CC1(C)Oc2ccccc2[C@H]2O[C@H]3CCN(Cc4ccccc4C(=O)O)C[C@@H]3C[C@@H]21. The van der Waals surface area contributed by atoms with Gasteiger partial charge in [0.1, 0.15) is 11.4 Å². The molecule has 158 valence electrons. The summed E-state index contributed by atoms with van der Waals surface area (Å²) in [6, 6.07) is 15.6. The summed E-state index contributed by atoms with van der Waals surface area (Å²) in [6.45, 7) is 6.87. The van der Waals surface area contributed by atoms with E-state index in [9.17, 15) is 9.90 Å². The van der Waals surface area contributed by atoms with Gasteiger partial charge in [-0.1, -0.05) is 36.4 Å². The maximum atomic E-state index is 11.6. The monoisotopic (exact) mass is 407 g/mol. The van der Waals surface area contributed by atoms with Crippen molar-refractivity contribution in [1.29, 1.82) is 0 Å². The fraction of sp³-hybridized carbons (Fsp3) is 0.480. The third kappa shape index (κ3) is 3.40. The van der Waals surface area contributed by atoms with Crippen molar-refractivity contribution in [2.75, 3.05) is 13.1 Å². The van der Waals surface area contributed by atoms with Crippen molar-refractivity contribution in [2.45, 2.75) is 51.0 Å². The lowest BCUT2D eigenvalue weighted by molar-refractivity contribution is -0.187. The molecule has 3 aliphatic rings. The molecule has 2 fully saturated rings. The van der Waals surface area contributed by atoms with Gasteiger partial charge in [0, 0.05) is 31.1 Å². The smallest absolute Gasteiger partial charge is 0.336 e. The summed E-state index contributed by atoms with van der Waals surface area (Å²) in [5.74, 6) is 0.832. The van der Waals surface area contributed by atoms with Gasteiger partial charge in [-0.3, -0.25) is 4.90 Å². The van der Waals surface area contributed by atoms with E-state index < -0.39 is 5.97 Å². The van der Waals surface area contributed by atoms with Crippen molar-refractivity contribution in [2.24, 2.45) is 11.8 Å². The topological polar surface area (TPSA) is 59.0 Å². The Labute approximate surface area is 177 Å². The maximum absolute atomic E-state index is 11.6. The van der Waals surface area contributed by atoms with Crippen molar-refractivity contribution >= 4 is 5.97 Å². The molecule has 2 aromatic rings. The summed E-state index contributed by atoms with van der Waals surface area (Å²) in [5.41, 5.74) is 2.19. The van der Waals surface area contributed by atoms with E-state index in [1.807, 2.05) is 24.3 Å². The van der Waals surface area contributed by atoms with Crippen molar-refractivity contribution in [3.63, 3.8) is 0 Å². The van der Waals surface area contributed by atoms with Crippen LogP contribution in [0.3, 0.4) is 0 Å². The van der Waals surface area contributed by atoms with Crippen molar-refractivity contribution in [3.8, 4) is 5.75 Å². The Hall–Kier alpha value is -2.37. The van der Waals surface area contributed by atoms with Gasteiger partial charge in [0.05, 0.1) is 17.8 Å². The molecule has 5 heteroatoms. The second kappa shape index (κ2) is 7.40. The van der Waals surface area contributed by atoms with E-state index in [2.05, 4.69) is 30.9 Å². The van der Waals surface area contributed by atoms with Crippen LogP contribution in [0.5, 0.6) is 5.75 Å². The minimum absolute atomic E-state index is 0.0884. The third-order valence-electron chi connectivity index (χ3n) is 7.13. The van der Waals surface area contributed by atoms with Crippen LogP contribution in [-0.4, -0.2) is 40.8 Å². The number of nitrogens with zero attached hydrogens (tertiary/aromatic N) is 1. The number of hydrogen-bond acceptors (Lipinski definition) is 4. The van der Waals surface area contributed by atoms with Crippen LogP contribution < -0.4 is 4.74 Å². The number of benzene rings is 2. The average Bonchev–Trinajstić information content (AvgIpc) is 2.73. The molecule has 2 saturated heterocycles. The van der Waals surface area contributed by atoms with Crippen LogP contribution in [0, 0.1) is 11.8 Å². The van der Waals surface area contributed by atoms with E-state index in [-0.39, 0.29) is 17.8 Å². The van der Waals surface area contributed by atoms with Gasteiger partial charge in [-0.25, -0.2) is 4.79 Å². The van der Waals surface area contributed by atoms with Crippen LogP contribution in [0.2, 0.25) is 0 Å². The molecule has 0 aliphatic carbocycles. The number of para-hydroxylation sites is 1. The normalized spacial score (nSPS) is 29.8. The molecule has 0 saturated carbocycles. The van der Waals surface area contributed by atoms with Gasteiger partial charge in [0.15, 0.2) is 0 Å². The molecule has 30 heavy (non-hydrogen) atoms. The van der Waals surface area contributed by atoms with Crippen LogP contribution in [0.4, 0.5) is 0 Å². The van der Waals surface area contributed by atoms with Crippen LogP contribution >= 0.6 is 0 Å². The molecule has 3 aliphatic heterocycles. The summed E-state index contributed by atoms with van der Waals surface area (Å²) in [5, 5.41) is 9.50. The standard InChI is InChI=1S/C25H29NO4/c1-25(2)20-13-17-15-26(14-16-7-3-4-8-18(16)24(27)28)12-11-21(17)29-23(20)19-9-5-6-10-22(19)30-25/h3-10,17,20-21,23H,11-15H2,1-2H3,(H,27,28)/t17-,20-,21-,23+/m0/s1. The molecular weight excluding hydrogens is 378 g/mol. The van der Waals surface area contributed by atoms with E-state index in [4.69, 9.17) is 9.47 Å². The quantitative estimate of drug-likeness (QED) is 0.810. The predicted molar refractivity (Wildman–Crippen MR) is 114 cm³/mol. The highest BCUT2D eigenvalue weighted by Gasteiger charge is 2.51. The van der Waals surface area contributed by atoms with Crippen LogP contribution in [0.1, 0.15) is 54.3 Å². The second-order valence-corrected chi connectivity index (χ2v) is 9.43. The fourth-order valence-corrected chi connectivity index (χ4v) is 5.58. The molecule has 1 N–H and O–H groups in total. The van der Waals surface area contributed by atoms with E-state index in [1.165, 1.54) is 5.56 Å². The minimum Gasteiger partial charge on any atom is -0.487 e. The molecule has 3 heterocycles. The molecular formula is C25H29NO4. The van der Waals surface area contributed by atoms with Gasteiger partial charge in [0.25, 0.3) is 0 Å². The fourth-order valence-electron chi connectivity index (χ4n) is 5.58. The second-order valence-electron chi connectivity index (χ2n) is 9.43. The van der Waals surface area contributed by atoms with Crippen molar-refractivity contribution in [3.05, 3.63) is 65.2 Å². The Morgan fingerprint density at radius 3 is 2.77 bits per heavy atom. The zero-order chi connectivity index (χ0) is 20.9. The summed E-state index contributed by atoms with van der Waals surface area (Å²) < 4.78 is 13.1. The van der Waals surface area contributed by atoms with Gasteiger partial charge in [-0.2, -0.15) is 0 Å². The number of likely N-dealkylation sites (tertiary alicyclic amines) is 1. The van der Waals surface area contributed by atoms with Gasteiger partial charge in [-0.05, 0) is 50.3 Å². The number of carboxylic acid groups (broad SMARTS) is 1. The van der Waals surface area contributed by atoms with Crippen molar-refractivity contribution in [1.82, 2.24) is 4.90 Å². The summed E-state index contributed by atoms with van der Waals surface area (Å²) in [4.78, 5) is 14.0. The van der Waals surface area contributed by atoms with Gasteiger partial charge >= 0.3 is 5.97 Å². The first-order chi connectivity index (χ1) is 14.4. The highest BCUT2D eigenvalue weighted by atomic mass is 16.5. The number of fused-ring (bicyclic) bond motifs is 4. The lowest BCUT2D eigenvalue weighted by Crippen LogP contribution is -2.55. The molecule has 0 amide bonds. The van der Waals surface area contributed by atoms with Crippen LogP contribution in [0.25, 0.3) is 0 Å². The Bertz CT molecular complexity index is 956. The molecule has 0 radical (unpaired) electrons. The molecule has 5 nitrogen and oxygen atoms in total. The van der Waals surface area contributed by atoms with Crippen LogP contribution in [-0.2, 0) is 11.3 Å². The number of ether oxygens (including phenoxy) is 2. The first-order valence-corrected chi connectivity index (χ1v) is 10.9. The van der Waals surface area contributed by atoms with E-state index >= 15 is 0 Å². The number of aromatic carboxylic acids is 1. The highest BCUT2D eigenvalue weighted by Crippen LogP contribution is 2.52. The van der Waals surface area contributed by atoms with Gasteiger partial charge in [-0.15, -0.1) is 0 Å². The minimum atomic E-state index is -0.857. The Kier molecular flexibility index (Phi) is 4.83. The first kappa shape index (κ1) is 19.6. The molecule has 0 spiro atoms. The lowest BCUT2D eigenvalue weighted by Gasteiger charge is -2.53. The Balaban J connectivity index is 1.34. The molecule has 5 rings (SSSR count). The number of piperidine rings is 1. The summed E-state index contributed by atoms with van der Waals surface area (Å²) >= 11 is 0. The molecule has 2 aromatic carbocycles. The first-order valence-electron chi connectivity index (χ1n) is 10.9. The van der Waals surface area contributed by atoms with Gasteiger partial charge in [0.2, 0.25) is 0 Å². The third-order valence-corrected chi connectivity index (χ3v) is 7.13. The number of carbonyl (C=O) groups is 1. The number of rotatable bonds is 3. The van der Waals surface area contributed by atoms with E-state index in [1.54, 1.807) is 12.1 Å². The largest absolute Gasteiger partial charge is 0.487 e. The van der Waals surface area contributed by atoms with E-state index in [0.717, 1.165) is 37.2 Å². The zero-order valence-corrected chi connectivity index (χ0v) is 17.6. The summed E-state index contributed by atoms with van der Waals surface area (Å²) in [7, 11) is 0. The molecule has 4 atom stereocenters. The average molecular weight is 408 g/mol. The predicted octanol–water partition coefficient (Wildman–Crippen LogP) is 4.52. The molecule has 0 unspecified atom stereocenters. The highest BCUT2D eigenvalue weighted by molar-refractivity contribution is 5.89. The Morgan fingerprint density at radius 1 is 1.17 bits per heavy atom. The maximum Gasteiger partial charge on any atom is 0.336 e. The molecule has 0 aromatic heterocycles. The number of hydrogen-bond donors (Lipinski definition) is 1. The lowest BCUT2D eigenvalue weighted by atomic mass is 9.70. The summed E-state index contributed by atoms with van der Waals surface area (Å²) in [6.07, 6.45) is 2.38. The van der Waals surface area contributed by atoms with Gasteiger partial charge < -0.3 is 14.6 Å². The number of carboxylic acids is 1. The van der Waals surface area contributed by atoms with E-state index in [0.29, 0.717) is 23.9 Å². The zero-order valence-electron chi connectivity index (χ0n) is 17.6. The molecule has 0 bridgehead atoms. The Morgan fingerprint density at radius 2 is 1.93 bits per heavy atom. The van der Waals surface area contributed by atoms with Crippen LogP contribution in [0.15, 0.2) is 48.5 Å². The van der Waals surface area contributed by atoms with Crippen molar-refractivity contribution < 1.29 is 19.4 Å².